The maximum absolute atomic E-state index is 13.2. The number of rotatable bonds is 4. The van der Waals surface area contributed by atoms with E-state index in [1.54, 1.807) is 0 Å². The van der Waals surface area contributed by atoms with Crippen molar-refractivity contribution in [2.45, 2.75) is 44.3 Å². The molecule has 3 unspecified atom stereocenters. The first kappa shape index (κ1) is 17.6. The van der Waals surface area contributed by atoms with Gasteiger partial charge in [0.2, 0.25) is 0 Å². The maximum atomic E-state index is 13.2. The Hall–Kier alpha value is -1.26. The number of thioether (sulfide) groups is 1. The van der Waals surface area contributed by atoms with Gasteiger partial charge in [-0.15, -0.1) is 0 Å². The first-order valence-corrected chi connectivity index (χ1v) is 9.82. The molecular formula is C19H23ClN2OS. The second-order valence-corrected chi connectivity index (χ2v) is 8.20. The average Bonchev–Trinajstić information content (AvgIpc) is 2.56. The lowest BCUT2D eigenvalue weighted by atomic mass is 9.78. The van der Waals surface area contributed by atoms with Gasteiger partial charge in [-0.2, -0.15) is 0 Å². The molecule has 0 spiro atoms. The fraction of sp³-hybridized carbons (Fsp3) is 0.474. The van der Waals surface area contributed by atoms with Crippen molar-refractivity contribution in [3.8, 4) is 0 Å². The zero-order valence-electron chi connectivity index (χ0n) is 14.2. The predicted octanol–water partition coefficient (Wildman–Crippen LogP) is 5.24. The number of benzene rings is 1. The number of hydrogen-bond acceptors (Lipinski definition) is 3. The number of aromatic nitrogens is 2. The number of hydrogen-bond donors (Lipinski definition) is 0. The van der Waals surface area contributed by atoms with Crippen molar-refractivity contribution in [3.05, 3.63) is 46.2 Å². The molecule has 0 N–H and O–H groups in total. The molecule has 5 heteroatoms. The Morgan fingerprint density at radius 3 is 2.88 bits per heavy atom. The molecule has 1 aromatic heterocycles. The van der Waals surface area contributed by atoms with E-state index in [0.717, 1.165) is 23.5 Å². The van der Waals surface area contributed by atoms with Crippen LogP contribution < -0.4 is 5.56 Å². The van der Waals surface area contributed by atoms with E-state index < -0.39 is 0 Å². The molecule has 128 valence electrons. The van der Waals surface area contributed by atoms with Crippen LogP contribution in [-0.4, -0.2) is 15.3 Å². The summed E-state index contributed by atoms with van der Waals surface area (Å²) in [7, 11) is 0. The smallest absolute Gasteiger partial charge is 0.262 e. The molecule has 0 bridgehead atoms. The molecule has 0 amide bonds. The van der Waals surface area contributed by atoms with Crippen LogP contribution in [-0.2, 0) is 0 Å². The zero-order valence-corrected chi connectivity index (χ0v) is 15.7. The highest BCUT2D eigenvalue weighted by atomic mass is 35.5. The third kappa shape index (κ3) is 3.40. The first-order chi connectivity index (χ1) is 11.5. The van der Waals surface area contributed by atoms with E-state index in [9.17, 15) is 4.79 Å². The lowest BCUT2D eigenvalue weighted by Gasteiger charge is -2.36. The van der Waals surface area contributed by atoms with Gasteiger partial charge in [0.05, 0.1) is 10.9 Å². The minimum Gasteiger partial charge on any atom is -0.284 e. The van der Waals surface area contributed by atoms with Crippen molar-refractivity contribution in [2.24, 2.45) is 11.8 Å². The van der Waals surface area contributed by atoms with Crippen molar-refractivity contribution in [3.63, 3.8) is 0 Å². The monoisotopic (exact) mass is 362 g/mol. The van der Waals surface area contributed by atoms with Crippen LogP contribution in [0.15, 0.2) is 45.8 Å². The fourth-order valence-electron chi connectivity index (χ4n) is 3.58. The summed E-state index contributed by atoms with van der Waals surface area (Å²) in [6.45, 7) is 8.29. The predicted molar refractivity (Wildman–Crippen MR) is 103 cm³/mol. The molecule has 1 saturated carbocycles. The average molecular weight is 363 g/mol. The minimum absolute atomic E-state index is 0.0641. The van der Waals surface area contributed by atoms with Gasteiger partial charge >= 0.3 is 0 Å². The molecular weight excluding hydrogens is 340 g/mol. The lowest BCUT2D eigenvalue weighted by molar-refractivity contribution is 0.173. The van der Waals surface area contributed by atoms with Crippen LogP contribution in [0, 0.1) is 11.8 Å². The Balaban J connectivity index is 2.15. The molecule has 2 aromatic rings. The number of para-hydroxylation sites is 1. The van der Waals surface area contributed by atoms with Gasteiger partial charge in [-0.25, -0.2) is 4.98 Å². The molecule has 1 aliphatic carbocycles. The van der Waals surface area contributed by atoms with Gasteiger partial charge in [0, 0.05) is 16.8 Å². The summed E-state index contributed by atoms with van der Waals surface area (Å²) in [5, 5.41) is 2.02. The van der Waals surface area contributed by atoms with Crippen LogP contribution >= 0.6 is 23.4 Å². The molecule has 1 aliphatic rings. The van der Waals surface area contributed by atoms with Crippen LogP contribution in [0.4, 0.5) is 0 Å². The highest BCUT2D eigenvalue weighted by molar-refractivity contribution is 7.99. The van der Waals surface area contributed by atoms with Crippen LogP contribution in [0.1, 0.15) is 39.2 Å². The normalized spacial score (nSPS) is 24.2. The van der Waals surface area contributed by atoms with E-state index >= 15 is 0 Å². The van der Waals surface area contributed by atoms with Crippen LogP contribution in [0.5, 0.6) is 0 Å². The molecule has 3 nitrogen and oxygen atoms in total. The second kappa shape index (κ2) is 7.32. The topological polar surface area (TPSA) is 34.9 Å². The summed E-state index contributed by atoms with van der Waals surface area (Å²) in [6.07, 6.45) is 3.41. The SMILES string of the molecule is C=C(Cl)CSc1nc2ccccc2c(=O)n1C1CCCC(C)C1C. The van der Waals surface area contributed by atoms with Crippen LogP contribution in [0.2, 0.25) is 0 Å². The van der Waals surface area contributed by atoms with Gasteiger partial charge in [-0.1, -0.05) is 68.8 Å². The van der Waals surface area contributed by atoms with Gasteiger partial charge in [-0.3, -0.25) is 9.36 Å². The largest absolute Gasteiger partial charge is 0.284 e. The van der Waals surface area contributed by atoms with E-state index in [4.69, 9.17) is 16.6 Å². The van der Waals surface area contributed by atoms with Gasteiger partial charge in [0.1, 0.15) is 0 Å². The van der Waals surface area contributed by atoms with E-state index in [1.807, 2.05) is 28.8 Å². The summed E-state index contributed by atoms with van der Waals surface area (Å²) in [5.41, 5.74) is 0.812. The molecule has 0 aliphatic heterocycles. The third-order valence-corrected chi connectivity index (χ3v) is 6.46. The fourth-order valence-corrected chi connectivity index (χ4v) is 4.55. The highest BCUT2D eigenvalue weighted by Crippen LogP contribution is 2.39. The van der Waals surface area contributed by atoms with Gasteiger partial charge in [-0.05, 0) is 30.4 Å². The molecule has 1 aromatic carbocycles. The Bertz CT molecular complexity index is 817. The summed E-state index contributed by atoms with van der Waals surface area (Å²) < 4.78 is 1.92. The third-order valence-electron chi connectivity index (χ3n) is 5.13. The van der Waals surface area contributed by atoms with E-state index in [1.165, 1.54) is 18.2 Å². The first-order valence-electron chi connectivity index (χ1n) is 8.46. The summed E-state index contributed by atoms with van der Waals surface area (Å²) in [6, 6.07) is 7.78. The van der Waals surface area contributed by atoms with Gasteiger partial charge < -0.3 is 0 Å². The van der Waals surface area contributed by atoms with Crippen molar-refractivity contribution in [1.82, 2.24) is 9.55 Å². The Labute approximate surface area is 152 Å². The summed E-state index contributed by atoms with van der Waals surface area (Å²) in [5.74, 6) is 1.63. The second-order valence-electron chi connectivity index (χ2n) is 6.73. The summed E-state index contributed by atoms with van der Waals surface area (Å²) >= 11 is 7.45. The molecule has 3 rings (SSSR count). The minimum atomic E-state index is 0.0641. The number of nitrogens with zero attached hydrogens (tertiary/aromatic N) is 2. The van der Waals surface area contributed by atoms with Crippen molar-refractivity contribution < 1.29 is 0 Å². The molecule has 24 heavy (non-hydrogen) atoms. The van der Waals surface area contributed by atoms with Crippen molar-refractivity contribution >= 4 is 34.3 Å². The Kier molecular flexibility index (Phi) is 5.36. The number of halogens is 1. The van der Waals surface area contributed by atoms with Crippen LogP contribution in [0.25, 0.3) is 10.9 Å². The van der Waals surface area contributed by atoms with E-state index in [2.05, 4.69) is 20.4 Å². The molecule has 0 radical (unpaired) electrons. The quantitative estimate of drug-likeness (QED) is 0.551. The van der Waals surface area contributed by atoms with E-state index in [-0.39, 0.29) is 11.6 Å². The molecule has 3 atom stereocenters. The lowest BCUT2D eigenvalue weighted by Crippen LogP contribution is -2.35. The highest BCUT2D eigenvalue weighted by Gasteiger charge is 2.31. The maximum Gasteiger partial charge on any atom is 0.262 e. The van der Waals surface area contributed by atoms with Gasteiger partial charge in [0.15, 0.2) is 5.16 Å². The molecule has 0 saturated heterocycles. The zero-order chi connectivity index (χ0) is 17.3. The molecule has 1 heterocycles. The Morgan fingerprint density at radius 2 is 2.12 bits per heavy atom. The standard InChI is InChI=1S/C19H23ClN2OS/c1-12-7-6-10-17(14(12)3)22-18(23)15-8-4-5-9-16(15)21-19(22)24-11-13(2)20/h4-5,8-9,12,14,17H,2,6-7,10-11H2,1,3H3. The number of fused-ring (bicyclic) bond motifs is 1. The van der Waals surface area contributed by atoms with Gasteiger partial charge in [0.25, 0.3) is 5.56 Å². The summed E-state index contributed by atoms with van der Waals surface area (Å²) in [4.78, 5) is 18.0. The van der Waals surface area contributed by atoms with Crippen molar-refractivity contribution in [1.29, 1.82) is 0 Å². The van der Waals surface area contributed by atoms with Crippen molar-refractivity contribution in [2.75, 3.05) is 5.75 Å². The van der Waals surface area contributed by atoms with E-state index in [0.29, 0.717) is 28.0 Å². The Morgan fingerprint density at radius 1 is 1.38 bits per heavy atom. The molecule has 1 fully saturated rings. The van der Waals surface area contributed by atoms with Crippen LogP contribution in [0.3, 0.4) is 0 Å².